The Kier molecular flexibility index (Phi) is 11.0. The van der Waals surface area contributed by atoms with Crippen molar-refractivity contribution >= 4 is 47.6 Å². The number of nitrogens with zero attached hydrogens (tertiary/aromatic N) is 3. The molecule has 1 unspecified atom stereocenters. The van der Waals surface area contributed by atoms with Crippen LogP contribution >= 0.6 is 35.7 Å². The number of hydrogen-bond donors (Lipinski definition) is 1. The molecule has 7 heteroatoms. The molecule has 1 atom stereocenters. The number of guanidine groups is 1. The van der Waals surface area contributed by atoms with Crippen LogP contribution in [-0.2, 0) is 4.79 Å². The van der Waals surface area contributed by atoms with Crippen LogP contribution in [0.2, 0.25) is 0 Å². The van der Waals surface area contributed by atoms with Crippen LogP contribution in [0.5, 0.6) is 0 Å². The number of nitrogens with one attached hydrogen (secondary N) is 1. The van der Waals surface area contributed by atoms with Crippen LogP contribution in [0.25, 0.3) is 0 Å². The fourth-order valence-corrected chi connectivity index (χ4v) is 3.85. The number of likely N-dealkylation sites (tertiary alicyclic amines) is 1. The molecule has 0 spiro atoms. The minimum atomic E-state index is 0. The van der Waals surface area contributed by atoms with Crippen LogP contribution in [0.1, 0.15) is 19.8 Å². The second-order valence-corrected chi connectivity index (χ2v) is 7.59. The van der Waals surface area contributed by atoms with Gasteiger partial charge in [0.2, 0.25) is 5.91 Å². The first kappa shape index (κ1) is 23.1. The molecule has 0 aliphatic carbocycles. The van der Waals surface area contributed by atoms with Crippen LogP contribution in [0.4, 0.5) is 0 Å². The third-order valence-corrected chi connectivity index (χ3v) is 5.48. The van der Waals surface area contributed by atoms with Crippen molar-refractivity contribution in [1.29, 1.82) is 0 Å². The first-order valence-corrected chi connectivity index (χ1v) is 10.00. The third kappa shape index (κ3) is 7.73. The molecule has 1 saturated heterocycles. The molecule has 1 aliphatic rings. The van der Waals surface area contributed by atoms with Gasteiger partial charge in [0.15, 0.2) is 5.96 Å². The van der Waals surface area contributed by atoms with E-state index >= 15 is 0 Å². The summed E-state index contributed by atoms with van der Waals surface area (Å²) in [5, 5.41) is 3.37. The van der Waals surface area contributed by atoms with Gasteiger partial charge in [0.25, 0.3) is 0 Å². The number of carbonyl (C=O) groups excluding carboxylic acids is 1. The van der Waals surface area contributed by atoms with Crippen LogP contribution in [0.3, 0.4) is 0 Å². The molecule has 1 aromatic rings. The highest BCUT2D eigenvalue weighted by molar-refractivity contribution is 14.0. The first-order chi connectivity index (χ1) is 12.1. The fraction of sp³-hybridized carbons (Fsp3) is 0.579. The average Bonchev–Trinajstić information content (AvgIpc) is 3.08. The normalized spacial score (nSPS) is 17.0. The zero-order valence-corrected chi connectivity index (χ0v) is 19.1. The molecule has 5 nitrogen and oxygen atoms in total. The zero-order chi connectivity index (χ0) is 18.1. The van der Waals surface area contributed by atoms with Gasteiger partial charge < -0.3 is 15.1 Å². The lowest BCUT2D eigenvalue weighted by Gasteiger charge is -2.21. The number of rotatable bonds is 7. The van der Waals surface area contributed by atoms with Gasteiger partial charge in [-0.2, -0.15) is 0 Å². The molecule has 1 aromatic carbocycles. The lowest BCUT2D eigenvalue weighted by atomic mass is 10.2. The number of thioether (sulfide) groups is 1. The number of benzene rings is 1. The van der Waals surface area contributed by atoms with E-state index in [1.165, 1.54) is 11.3 Å². The van der Waals surface area contributed by atoms with Crippen molar-refractivity contribution in [3.05, 3.63) is 30.3 Å². The van der Waals surface area contributed by atoms with Gasteiger partial charge >= 0.3 is 0 Å². The van der Waals surface area contributed by atoms with Crippen LogP contribution in [-0.4, -0.2) is 67.7 Å². The molecule has 26 heavy (non-hydrogen) atoms. The SMILES string of the molecule is CCNC(=NCCC(=O)N(C)C)N1CCC(CSc2ccccc2)C1.I. The summed E-state index contributed by atoms with van der Waals surface area (Å²) in [5.74, 6) is 2.89. The lowest BCUT2D eigenvalue weighted by molar-refractivity contribution is -0.128. The molecule has 1 fully saturated rings. The standard InChI is InChI=1S/C19H30N4OS.HI/c1-4-20-19(21-12-10-18(24)22(2)3)23-13-11-16(14-23)15-25-17-8-6-5-7-9-17;/h5-9,16H,4,10-15H2,1-3H3,(H,20,21);1H. The van der Waals surface area contributed by atoms with Crippen molar-refractivity contribution in [3.63, 3.8) is 0 Å². The van der Waals surface area contributed by atoms with Crippen LogP contribution < -0.4 is 5.32 Å². The predicted molar refractivity (Wildman–Crippen MR) is 122 cm³/mol. The highest BCUT2D eigenvalue weighted by Crippen LogP contribution is 2.25. The van der Waals surface area contributed by atoms with E-state index in [1.54, 1.807) is 19.0 Å². The van der Waals surface area contributed by atoms with Gasteiger partial charge in [0.1, 0.15) is 0 Å². The average molecular weight is 490 g/mol. The third-order valence-electron chi connectivity index (χ3n) is 4.24. The molecule has 0 radical (unpaired) electrons. The quantitative estimate of drug-likeness (QED) is 0.276. The largest absolute Gasteiger partial charge is 0.357 e. The number of hydrogen-bond acceptors (Lipinski definition) is 3. The summed E-state index contributed by atoms with van der Waals surface area (Å²) in [7, 11) is 3.57. The van der Waals surface area contributed by atoms with E-state index in [0.29, 0.717) is 18.9 Å². The van der Waals surface area contributed by atoms with Crippen molar-refractivity contribution in [3.8, 4) is 0 Å². The molecular weight excluding hydrogens is 459 g/mol. The Morgan fingerprint density at radius 2 is 2.08 bits per heavy atom. The van der Waals surface area contributed by atoms with E-state index < -0.39 is 0 Å². The minimum absolute atomic E-state index is 0. The van der Waals surface area contributed by atoms with Gasteiger partial charge in [-0.15, -0.1) is 35.7 Å². The summed E-state index contributed by atoms with van der Waals surface area (Å²) >= 11 is 1.93. The maximum Gasteiger partial charge on any atom is 0.223 e. The van der Waals surface area contributed by atoms with E-state index in [0.717, 1.165) is 31.3 Å². The monoisotopic (exact) mass is 490 g/mol. The lowest BCUT2D eigenvalue weighted by Crippen LogP contribution is -2.40. The van der Waals surface area contributed by atoms with Crippen molar-refractivity contribution in [2.45, 2.75) is 24.7 Å². The number of carbonyl (C=O) groups is 1. The molecule has 2 rings (SSSR count). The first-order valence-electron chi connectivity index (χ1n) is 9.01. The van der Waals surface area contributed by atoms with Gasteiger partial charge in [-0.1, -0.05) is 18.2 Å². The minimum Gasteiger partial charge on any atom is -0.357 e. The number of amides is 1. The molecule has 0 aromatic heterocycles. The van der Waals surface area contributed by atoms with Crippen LogP contribution in [0, 0.1) is 5.92 Å². The van der Waals surface area contributed by atoms with E-state index in [2.05, 4.69) is 52.5 Å². The Hall–Kier alpha value is -0.960. The number of halogens is 1. The summed E-state index contributed by atoms with van der Waals surface area (Å²) in [6, 6.07) is 10.6. The highest BCUT2D eigenvalue weighted by Gasteiger charge is 2.24. The summed E-state index contributed by atoms with van der Waals surface area (Å²) in [5.41, 5.74) is 0. The van der Waals surface area contributed by atoms with Crippen molar-refractivity contribution in [1.82, 2.24) is 15.1 Å². The van der Waals surface area contributed by atoms with Crippen molar-refractivity contribution < 1.29 is 4.79 Å². The topological polar surface area (TPSA) is 47.9 Å². The summed E-state index contributed by atoms with van der Waals surface area (Å²) in [4.78, 5) is 21.6. The number of aliphatic imine (C=N–C) groups is 1. The molecule has 1 amide bonds. The van der Waals surface area contributed by atoms with Gasteiger partial charge in [0.05, 0.1) is 6.54 Å². The molecule has 0 saturated carbocycles. The van der Waals surface area contributed by atoms with Gasteiger partial charge in [-0.3, -0.25) is 9.79 Å². The van der Waals surface area contributed by atoms with E-state index in [4.69, 9.17) is 0 Å². The zero-order valence-electron chi connectivity index (χ0n) is 16.0. The molecular formula is C19H31IN4OS. The molecule has 1 aliphatic heterocycles. The molecule has 0 bridgehead atoms. The van der Waals surface area contributed by atoms with E-state index in [1.807, 2.05) is 11.8 Å². The Bertz CT molecular complexity index is 568. The van der Waals surface area contributed by atoms with E-state index in [9.17, 15) is 4.79 Å². The molecule has 1 heterocycles. The maximum absolute atomic E-state index is 11.7. The second kappa shape index (κ2) is 12.4. The Morgan fingerprint density at radius 3 is 2.73 bits per heavy atom. The van der Waals surface area contributed by atoms with E-state index in [-0.39, 0.29) is 29.9 Å². The van der Waals surface area contributed by atoms with Crippen molar-refractivity contribution in [2.24, 2.45) is 10.9 Å². The van der Waals surface area contributed by atoms with Crippen LogP contribution in [0.15, 0.2) is 40.2 Å². The smallest absolute Gasteiger partial charge is 0.223 e. The highest BCUT2D eigenvalue weighted by atomic mass is 127. The molecule has 146 valence electrons. The maximum atomic E-state index is 11.7. The van der Waals surface area contributed by atoms with Gasteiger partial charge in [-0.05, 0) is 31.4 Å². The summed E-state index contributed by atoms with van der Waals surface area (Å²) in [6.45, 7) is 5.54. The Labute approximate surface area is 179 Å². The van der Waals surface area contributed by atoms with Gasteiger partial charge in [-0.25, -0.2) is 0 Å². The summed E-state index contributed by atoms with van der Waals surface area (Å²) in [6.07, 6.45) is 1.66. The van der Waals surface area contributed by atoms with Crippen molar-refractivity contribution in [2.75, 3.05) is 46.0 Å². The Morgan fingerprint density at radius 1 is 1.35 bits per heavy atom. The molecule has 1 N–H and O–H groups in total. The fourth-order valence-electron chi connectivity index (χ4n) is 2.80. The Balaban J connectivity index is 0.00000338. The predicted octanol–water partition coefficient (Wildman–Crippen LogP) is 3.16. The summed E-state index contributed by atoms with van der Waals surface area (Å²) < 4.78 is 0. The van der Waals surface area contributed by atoms with Gasteiger partial charge in [0, 0.05) is 50.8 Å². The second-order valence-electron chi connectivity index (χ2n) is 6.50.